The number of amides is 1. The average molecular weight is 355 g/mol. The van der Waals surface area contributed by atoms with E-state index in [0.29, 0.717) is 24.9 Å². The van der Waals surface area contributed by atoms with Crippen molar-refractivity contribution < 1.29 is 24.5 Å². The third kappa shape index (κ3) is 6.68. The van der Waals surface area contributed by atoms with Gasteiger partial charge in [-0.3, -0.25) is 5.32 Å². The molecular formula is C20H21NO5. The summed E-state index contributed by atoms with van der Waals surface area (Å²) in [5.74, 6) is -0.857. The second kappa shape index (κ2) is 9.88. The van der Waals surface area contributed by atoms with E-state index in [1.54, 1.807) is 30.3 Å². The highest BCUT2D eigenvalue weighted by molar-refractivity contribution is 5.84. The number of allylic oxidation sites excluding steroid dienone is 1. The van der Waals surface area contributed by atoms with Crippen LogP contribution in [0, 0.1) is 0 Å². The molecule has 6 nitrogen and oxygen atoms in total. The number of rotatable bonds is 8. The summed E-state index contributed by atoms with van der Waals surface area (Å²) in [6, 6.07) is 15.4. The van der Waals surface area contributed by atoms with E-state index in [1.165, 1.54) is 12.1 Å². The number of para-hydroxylation sites is 1. The van der Waals surface area contributed by atoms with Gasteiger partial charge < -0.3 is 14.9 Å². The van der Waals surface area contributed by atoms with Crippen molar-refractivity contribution in [1.82, 2.24) is 0 Å². The average Bonchev–Trinajstić information content (AvgIpc) is 2.62. The van der Waals surface area contributed by atoms with Crippen molar-refractivity contribution in [2.24, 2.45) is 0 Å². The van der Waals surface area contributed by atoms with Crippen LogP contribution in [0.5, 0.6) is 5.75 Å². The van der Waals surface area contributed by atoms with E-state index >= 15 is 0 Å². The van der Waals surface area contributed by atoms with E-state index in [0.717, 1.165) is 11.6 Å². The Morgan fingerprint density at radius 2 is 1.77 bits per heavy atom. The molecule has 0 bridgehead atoms. The number of benzene rings is 2. The summed E-state index contributed by atoms with van der Waals surface area (Å²) < 4.78 is 5.54. The zero-order valence-electron chi connectivity index (χ0n) is 14.2. The Morgan fingerprint density at radius 3 is 2.42 bits per heavy atom. The number of hydrogen-bond acceptors (Lipinski definition) is 4. The molecule has 0 saturated heterocycles. The molecule has 0 saturated carbocycles. The Hall–Kier alpha value is -3.28. The lowest BCUT2D eigenvalue weighted by Crippen LogP contribution is -2.17. The van der Waals surface area contributed by atoms with Crippen molar-refractivity contribution >= 4 is 17.7 Å². The second-order valence-corrected chi connectivity index (χ2v) is 5.65. The number of ether oxygens (including phenoxy) is 1. The smallest absolute Gasteiger partial charge is 0.412 e. The molecule has 0 aliphatic rings. The number of carboxylic acids is 1. The number of carbonyl (C=O) groups excluding carboxylic acids is 1. The second-order valence-electron chi connectivity index (χ2n) is 5.65. The minimum atomic E-state index is -0.987. The highest BCUT2D eigenvalue weighted by atomic mass is 16.6. The number of carboxylic acid groups (broad SMARTS) is 1. The molecule has 0 fully saturated rings. The van der Waals surface area contributed by atoms with Gasteiger partial charge in [0.15, 0.2) is 0 Å². The number of hydrogen-bond donors (Lipinski definition) is 3. The highest BCUT2D eigenvalue weighted by Crippen LogP contribution is 2.26. The maximum absolute atomic E-state index is 12.2. The van der Waals surface area contributed by atoms with Gasteiger partial charge in [-0.1, -0.05) is 36.4 Å². The van der Waals surface area contributed by atoms with Gasteiger partial charge in [-0.2, -0.15) is 0 Å². The van der Waals surface area contributed by atoms with Crippen LogP contribution in [0.2, 0.25) is 0 Å². The predicted molar refractivity (Wildman–Crippen MR) is 98.0 cm³/mol. The number of carbonyl (C=O) groups is 2. The van der Waals surface area contributed by atoms with Crippen LogP contribution in [0.3, 0.4) is 0 Å². The van der Waals surface area contributed by atoms with Gasteiger partial charge in [0.2, 0.25) is 0 Å². The van der Waals surface area contributed by atoms with Crippen molar-refractivity contribution in [3.05, 3.63) is 72.3 Å². The van der Waals surface area contributed by atoms with Gasteiger partial charge in [-0.25, -0.2) is 9.59 Å². The van der Waals surface area contributed by atoms with Crippen LogP contribution in [0.1, 0.15) is 30.9 Å². The summed E-state index contributed by atoms with van der Waals surface area (Å²) in [6.07, 6.45) is 3.32. The van der Waals surface area contributed by atoms with Gasteiger partial charge in [0.1, 0.15) is 11.9 Å². The van der Waals surface area contributed by atoms with Crippen molar-refractivity contribution in [2.45, 2.75) is 25.4 Å². The number of unbranched alkanes of at least 4 members (excludes halogenated alkanes) is 1. The minimum Gasteiger partial charge on any atom is -0.508 e. The number of phenols is 1. The number of aliphatic carboxylic acids is 1. The quantitative estimate of drug-likeness (QED) is 0.479. The number of phenolic OH excluding ortho intramolecular Hbond substituents is 1. The lowest BCUT2D eigenvalue weighted by Gasteiger charge is -2.18. The molecule has 136 valence electrons. The molecule has 0 radical (unpaired) electrons. The lowest BCUT2D eigenvalue weighted by molar-refractivity contribution is -0.131. The summed E-state index contributed by atoms with van der Waals surface area (Å²) in [6.45, 7) is 0. The third-order valence-electron chi connectivity index (χ3n) is 3.63. The van der Waals surface area contributed by atoms with Crippen LogP contribution in [0.15, 0.2) is 66.7 Å². The minimum absolute atomic E-state index is 0.130. The Bertz CT molecular complexity index is 741. The van der Waals surface area contributed by atoms with Crippen molar-refractivity contribution in [2.75, 3.05) is 5.32 Å². The van der Waals surface area contributed by atoms with Crippen LogP contribution in [-0.2, 0) is 9.53 Å². The number of aromatic hydroxyl groups is 1. The van der Waals surface area contributed by atoms with Gasteiger partial charge in [0.05, 0.1) is 0 Å². The summed E-state index contributed by atoms with van der Waals surface area (Å²) in [4.78, 5) is 22.6. The molecule has 0 aliphatic heterocycles. The van der Waals surface area contributed by atoms with E-state index in [4.69, 9.17) is 9.84 Å². The van der Waals surface area contributed by atoms with Crippen LogP contribution in [-0.4, -0.2) is 22.3 Å². The SMILES string of the molecule is O=C(O)/C=C/CCC[C@H](OC(=O)Nc1ccccc1)c1ccc(O)cc1. The largest absolute Gasteiger partial charge is 0.508 e. The summed E-state index contributed by atoms with van der Waals surface area (Å²) in [5, 5.41) is 20.7. The van der Waals surface area contributed by atoms with Crippen molar-refractivity contribution in [3.63, 3.8) is 0 Å². The van der Waals surface area contributed by atoms with Gasteiger partial charge in [0, 0.05) is 11.8 Å². The third-order valence-corrected chi connectivity index (χ3v) is 3.63. The van der Waals surface area contributed by atoms with E-state index < -0.39 is 18.2 Å². The topological polar surface area (TPSA) is 95.9 Å². The van der Waals surface area contributed by atoms with E-state index in [2.05, 4.69) is 5.32 Å². The Kier molecular flexibility index (Phi) is 7.24. The van der Waals surface area contributed by atoms with Crippen LogP contribution >= 0.6 is 0 Å². The van der Waals surface area contributed by atoms with Crippen LogP contribution < -0.4 is 5.32 Å². The standard InChI is InChI=1S/C20H21NO5/c22-17-13-11-15(12-14-17)18(9-5-2-6-10-19(23)24)26-20(25)21-16-7-3-1-4-8-16/h1,3-4,6-8,10-14,18,22H,2,5,9H2,(H,21,25)(H,23,24)/b10-6+/t18-/m0/s1. The van der Waals surface area contributed by atoms with E-state index in [9.17, 15) is 14.7 Å². The molecule has 0 unspecified atom stereocenters. The summed E-state index contributed by atoms with van der Waals surface area (Å²) in [5.41, 5.74) is 1.39. The lowest BCUT2D eigenvalue weighted by atomic mass is 10.0. The molecule has 1 atom stereocenters. The van der Waals surface area contributed by atoms with Gasteiger partial charge in [-0.05, 0) is 49.1 Å². The Balaban J connectivity index is 1.98. The van der Waals surface area contributed by atoms with Gasteiger partial charge in [-0.15, -0.1) is 0 Å². The molecule has 0 heterocycles. The molecule has 2 rings (SSSR count). The molecule has 26 heavy (non-hydrogen) atoms. The van der Waals surface area contributed by atoms with Crippen molar-refractivity contribution in [3.8, 4) is 5.75 Å². The molecule has 6 heteroatoms. The zero-order chi connectivity index (χ0) is 18.8. The number of anilines is 1. The predicted octanol–water partition coefficient (Wildman–Crippen LogP) is 4.49. The molecule has 3 N–H and O–H groups in total. The fourth-order valence-corrected chi connectivity index (χ4v) is 2.39. The monoisotopic (exact) mass is 355 g/mol. The van der Waals surface area contributed by atoms with E-state index in [1.807, 2.05) is 18.2 Å². The molecular weight excluding hydrogens is 334 g/mol. The molecule has 2 aromatic carbocycles. The highest BCUT2D eigenvalue weighted by Gasteiger charge is 2.16. The van der Waals surface area contributed by atoms with E-state index in [-0.39, 0.29) is 5.75 Å². The van der Waals surface area contributed by atoms with Gasteiger partial charge in [0.25, 0.3) is 0 Å². The normalized spacial score (nSPS) is 11.8. The maximum atomic E-state index is 12.2. The number of nitrogens with one attached hydrogen (secondary N) is 1. The Morgan fingerprint density at radius 1 is 1.08 bits per heavy atom. The first kappa shape index (κ1) is 19.1. The fraction of sp³-hybridized carbons (Fsp3) is 0.200. The van der Waals surface area contributed by atoms with Crippen LogP contribution in [0.4, 0.5) is 10.5 Å². The molecule has 0 aliphatic carbocycles. The zero-order valence-corrected chi connectivity index (χ0v) is 14.2. The first-order chi connectivity index (χ1) is 12.5. The molecule has 1 amide bonds. The molecule has 0 aromatic heterocycles. The maximum Gasteiger partial charge on any atom is 0.412 e. The summed E-state index contributed by atoms with van der Waals surface area (Å²) >= 11 is 0. The first-order valence-corrected chi connectivity index (χ1v) is 8.25. The molecule has 0 spiro atoms. The first-order valence-electron chi connectivity index (χ1n) is 8.25. The summed E-state index contributed by atoms with van der Waals surface area (Å²) in [7, 11) is 0. The van der Waals surface area contributed by atoms with Crippen LogP contribution in [0.25, 0.3) is 0 Å². The fourth-order valence-electron chi connectivity index (χ4n) is 2.39. The Labute approximate surface area is 151 Å². The van der Waals surface area contributed by atoms with Crippen molar-refractivity contribution in [1.29, 1.82) is 0 Å². The van der Waals surface area contributed by atoms with Gasteiger partial charge >= 0.3 is 12.1 Å². The molecule has 2 aromatic rings.